The number of nitrogens with two attached hydrogens (primary N) is 1. The topological polar surface area (TPSA) is 235 Å². The molecule has 0 spiro atoms. The number of ether oxygens (including phenoxy) is 3. The fourth-order valence-corrected chi connectivity index (χ4v) is 13.6. The lowest BCUT2D eigenvalue weighted by Crippen LogP contribution is -2.54. The molecule has 9 heterocycles. The van der Waals surface area contributed by atoms with Crippen LogP contribution in [-0.4, -0.2) is 142 Å². The summed E-state index contributed by atoms with van der Waals surface area (Å²) in [7, 11) is 3.60. The molecular weight excluding hydrogens is 1120 g/mol. The summed E-state index contributed by atoms with van der Waals surface area (Å²) in [6, 6.07) is 11.1. The number of aliphatic hydroxyl groups is 1. The zero-order valence-corrected chi connectivity index (χ0v) is 47.0. The van der Waals surface area contributed by atoms with Crippen molar-refractivity contribution in [2.45, 2.75) is 76.0 Å². The van der Waals surface area contributed by atoms with Gasteiger partial charge in [-0.05, 0) is 82.7 Å². The van der Waals surface area contributed by atoms with Crippen molar-refractivity contribution < 1.29 is 51.3 Å². The summed E-state index contributed by atoms with van der Waals surface area (Å²) in [6.45, 7) is 4.43. The van der Waals surface area contributed by atoms with E-state index in [4.69, 9.17) is 36.5 Å². The van der Waals surface area contributed by atoms with Crippen LogP contribution in [0.2, 0.25) is 5.02 Å². The average molecular weight is 1180 g/mol. The Labute approximate surface area is 480 Å². The number of likely N-dealkylation sites (N-methyl/N-ethyl adjacent to an activating group) is 1. The van der Waals surface area contributed by atoms with Gasteiger partial charge in [0.1, 0.15) is 60.0 Å². The third kappa shape index (κ3) is 9.42. The summed E-state index contributed by atoms with van der Waals surface area (Å²) in [5, 5.41) is 24.4. The third-order valence-corrected chi connectivity index (χ3v) is 18.0. The van der Waals surface area contributed by atoms with Crippen LogP contribution >= 0.6 is 22.9 Å². The second-order valence-corrected chi connectivity index (χ2v) is 23.5. The van der Waals surface area contributed by atoms with Crippen LogP contribution in [0, 0.1) is 28.8 Å². The van der Waals surface area contributed by atoms with Gasteiger partial charge in [0.2, 0.25) is 0 Å². The SMILES string of the molecule is CC[C@@]1(O)C(=O)OCc2c1cc1n(c2=O)Cc2cc3cc(NC(=O)OC/C(=C\CN(C)C)C(=O)N4CCN(c5nc(OC[C@@]67CCCN6C[C@H](F)C7)nc6c(F)c(-c7ccc(F)c8sc(N)c(C#N)c78)c(Cl)cc56)[C@@H](C)C4)c(F)cc3nc2-1. The lowest BCUT2D eigenvalue weighted by Gasteiger charge is -2.41. The molecule has 0 unspecified atom stereocenters. The maximum absolute atomic E-state index is 17.5. The zero-order valence-electron chi connectivity index (χ0n) is 45.4. The Morgan fingerprint density at radius 1 is 1.08 bits per heavy atom. The summed E-state index contributed by atoms with van der Waals surface area (Å²) >= 11 is 7.86. The number of nitrogens with zero attached hydrogens (tertiary/aromatic N) is 9. The van der Waals surface area contributed by atoms with Gasteiger partial charge in [0.15, 0.2) is 11.4 Å². The highest BCUT2D eigenvalue weighted by molar-refractivity contribution is 7.23. The number of nitrogen functional groups attached to an aromatic ring is 1. The molecule has 5 aliphatic heterocycles. The Kier molecular flexibility index (Phi) is 14.1. The number of fused-ring (bicyclic) bond motifs is 8. The molecule has 3 aromatic carbocycles. The number of rotatable bonds is 12. The number of anilines is 3. The van der Waals surface area contributed by atoms with Crippen LogP contribution in [0.1, 0.15) is 61.8 Å². The summed E-state index contributed by atoms with van der Waals surface area (Å²) in [5.74, 6) is -3.47. The number of piperazine rings is 1. The highest BCUT2D eigenvalue weighted by atomic mass is 35.5. The van der Waals surface area contributed by atoms with E-state index in [-0.39, 0.29) is 153 Å². The molecule has 4 atom stereocenters. The van der Waals surface area contributed by atoms with E-state index in [0.717, 1.165) is 29.9 Å². The average Bonchev–Trinajstić information content (AvgIpc) is 2.07. The fraction of sp³-hybridized carbons (Fsp3) is 0.379. The van der Waals surface area contributed by atoms with E-state index in [1.807, 2.05) is 22.8 Å². The van der Waals surface area contributed by atoms with Gasteiger partial charge in [0, 0.05) is 84.1 Å². The largest absolute Gasteiger partial charge is 0.461 e. The lowest BCUT2D eigenvalue weighted by molar-refractivity contribution is -0.172. The molecule has 3 saturated heterocycles. The number of thiophene rings is 1. The molecule has 25 heteroatoms. The molecule has 0 aliphatic carbocycles. The summed E-state index contributed by atoms with van der Waals surface area (Å²) < 4.78 is 82.1. The quantitative estimate of drug-likeness (QED) is 0.0595. The molecule has 12 rings (SSSR count). The first-order chi connectivity index (χ1) is 39.7. The Hall–Kier alpha value is -7.95. The molecule has 5 aliphatic rings. The number of nitriles is 1. The van der Waals surface area contributed by atoms with Crippen molar-refractivity contribution >= 4 is 89.3 Å². The number of carbonyl (C=O) groups excluding carboxylic acids is 3. The number of hydrogen-bond acceptors (Lipinski definition) is 17. The first-order valence-corrected chi connectivity index (χ1v) is 28.2. The second-order valence-electron chi connectivity index (χ2n) is 22.0. The van der Waals surface area contributed by atoms with E-state index >= 15 is 13.2 Å². The molecule has 430 valence electrons. The number of cyclic esters (lactones) is 1. The van der Waals surface area contributed by atoms with Gasteiger partial charge in [-0.2, -0.15) is 15.2 Å². The molecule has 7 aromatic rings. The maximum atomic E-state index is 17.5. The minimum absolute atomic E-state index is 0.0281. The van der Waals surface area contributed by atoms with Gasteiger partial charge in [-0.1, -0.05) is 30.7 Å². The Morgan fingerprint density at radius 2 is 1.89 bits per heavy atom. The number of amides is 2. The molecule has 3 fully saturated rings. The minimum Gasteiger partial charge on any atom is -0.461 e. The molecule has 83 heavy (non-hydrogen) atoms. The molecule has 0 radical (unpaired) electrons. The van der Waals surface area contributed by atoms with Crippen LogP contribution in [-0.2, 0) is 37.8 Å². The first kappa shape index (κ1) is 55.6. The maximum Gasteiger partial charge on any atom is 0.412 e. The Bertz CT molecular complexity index is 4080. The van der Waals surface area contributed by atoms with Gasteiger partial charge >= 0.3 is 18.1 Å². The molecular formula is C58H54ClF4N11O8S. The Balaban J connectivity index is 0.787. The highest BCUT2D eigenvalue weighted by Gasteiger charge is 2.50. The number of alkyl halides is 1. The number of pyridine rings is 2. The molecule has 19 nitrogen and oxygen atoms in total. The van der Waals surface area contributed by atoms with Crippen LogP contribution in [0.15, 0.2) is 58.9 Å². The monoisotopic (exact) mass is 1180 g/mol. The van der Waals surface area contributed by atoms with E-state index in [1.54, 1.807) is 44.1 Å². The Morgan fingerprint density at radius 3 is 2.65 bits per heavy atom. The highest BCUT2D eigenvalue weighted by Crippen LogP contribution is 2.47. The number of hydrogen-bond donors (Lipinski definition) is 3. The van der Waals surface area contributed by atoms with Gasteiger partial charge in [0.25, 0.3) is 11.5 Å². The van der Waals surface area contributed by atoms with Crippen molar-refractivity contribution in [1.29, 1.82) is 5.26 Å². The number of halogens is 5. The van der Waals surface area contributed by atoms with Crippen molar-refractivity contribution in [3.8, 4) is 34.6 Å². The molecule has 2 amide bonds. The molecule has 0 saturated carbocycles. The molecule has 0 bridgehead atoms. The van der Waals surface area contributed by atoms with Crippen molar-refractivity contribution in [2.24, 2.45) is 0 Å². The van der Waals surface area contributed by atoms with Crippen LogP contribution in [0.25, 0.3) is 54.4 Å². The predicted molar refractivity (Wildman–Crippen MR) is 302 cm³/mol. The lowest BCUT2D eigenvalue weighted by atomic mass is 9.86. The number of aromatic nitrogens is 4. The van der Waals surface area contributed by atoms with Gasteiger partial charge in [-0.25, -0.2) is 32.1 Å². The molecule has 4 N–H and O–H groups in total. The summed E-state index contributed by atoms with van der Waals surface area (Å²) in [5.41, 5.74) is 4.53. The standard InChI is InChI=1S/C58H54ClF4N11O8S/c1-5-58(79)37-18-43-47-31(23-74(43)53(76)36(37)26-80-54(58)77)15-30-16-42(40(62)19-41(30)66-47)67-56(78)81-25-29(9-12-70(3)4)52(75)71-13-14-73(28(2)22-71)51-34-17-38(59)45(33-7-8-39(61)49-44(33)35(21-64)50(65)83-49)46(63)48(34)68-55(69-51)82-27-57-10-6-11-72(57)24-32(60)20-57/h7-9,15-19,28,32,79H,5-6,10-14,20,22-27,65H2,1-4H3,(H,67,78)/b29-9+/t28-,32+,57-,58-/m0/s1. The van der Waals surface area contributed by atoms with Gasteiger partial charge < -0.3 is 44.3 Å². The van der Waals surface area contributed by atoms with Gasteiger partial charge in [-0.15, -0.1) is 11.3 Å². The van der Waals surface area contributed by atoms with Crippen molar-refractivity contribution in [1.82, 2.24) is 34.2 Å². The van der Waals surface area contributed by atoms with E-state index in [9.17, 15) is 33.9 Å². The third-order valence-electron chi connectivity index (χ3n) is 16.6. The van der Waals surface area contributed by atoms with Crippen molar-refractivity contribution in [3.05, 3.63) is 109 Å². The smallest absolute Gasteiger partial charge is 0.412 e. The first-order valence-electron chi connectivity index (χ1n) is 27.0. The van der Waals surface area contributed by atoms with Crippen LogP contribution in [0.4, 0.5) is 38.9 Å². The van der Waals surface area contributed by atoms with E-state index in [0.29, 0.717) is 35.3 Å². The predicted octanol–water partition coefficient (Wildman–Crippen LogP) is 8.16. The number of esters is 1. The number of benzene rings is 3. The van der Waals surface area contributed by atoms with Crippen LogP contribution in [0.5, 0.6) is 6.01 Å². The van der Waals surface area contributed by atoms with Gasteiger partial charge in [-0.3, -0.25) is 19.8 Å². The zero-order chi connectivity index (χ0) is 58.6. The van der Waals surface area contributed by atoms with E-state index in [1.165, 1.54) is 22.8 Å². The van der Waals surface area contributed by atoms with Crippen molar-refractivity contribution in [3.63, 3.8) is 0 Å². The van der Waals surface area contributed by atoms with Crippen LogP contribution < -0.4 is 26.2 Å². The molecule has 4 aromatic heterocycles. The number of carbonyl (C=O) groups is 3. The van der Waals surface area contributed by atoms with Crippen LogP contribution in [0.3, 0.4) is 0 Å². The minimum atomic E-state index is -2.02. The van der Waals surface area contributed by atoms with E-state index in [2.05, 4.69) is 20.2 Å². The van der Waals surface area contributed by atoms with Crippen molar-refractivity contribution in [2.75, 3.05) is 82.5 Å². The number of nitrogens with one attached hydrogen (secondary N) is 1. The second kappa shape index (κ2) is 21.0. The van der Waals surface area contributed by atoms with E-state index < -0.39 is 70.9 Å². The van der Waals surface area contributed by atoms with Gasteiger partial charge in [0.05, 0.1) is 61.1 Å². The summed E-state index contributed by atoms with van der Waals surface area (Å²) in [6.07, 6.45) is 1.28. The normalized spacial score (nSPS) is 21.3. The fourth-order valence-electron chi connectivity index (χ4n) is 12.4. The summed E-state index contributed by atoms with van der Waals surface area (Å²) in [4.78, 5) is 75.8.